The fourth-order valence-electron chi connectivity index (χ4n) is 2.68. The van der Waals surface area contributed by atoms with E-state index in [2.05, 4.69) is 52.1 Å². The molecule has 30 heavy (non-hydrogen) atoms. The second-order valence-corrected chi connectivity index (χ2v) is 8.00. The predicted octanol–water partition coefficient (Wildman–Crippen LogP) is 3.29. The summed E-state index contributed by atoms with van der Waals surface area (Å²) >= 11 is 1.36. The number of urea groups is 1. The first-order valence-electron chi connectivity index (χ1n) is 9.66. The number of hydrogen-bond acceptors (Lipinski definition) is 6. The summed E-state index contributed by atoms with van der Waals surface area (Å²) in [4.78, 5) is 23.9. The zero-order valence-corrected chi connectivity index (χ0v) is 17.7. The molecule has 1 aromatic heterocycles. The third-order valence-corrected chi connectivity index (χ3v) is 5.28. The van der Waals surface area contributed by atoms with Crippen LogP contribution in [0.15, 0.2) is 59.8 Å². The van der Waals surface area contributed by atoms with Gasteiger partial charge in [0, 0.05) is 18.7 Å². The van der Waals surface area contributed by atoms with Crippen molar-refractivity contribution in [1.29, 1.82) is 0 Å². The van der Waals surface area contributed by atoms with E-state index >= 15 is 0 Å². The first-order valence-corrected chi connectivity index (χ1v) is 10.6. The van der Waals surface area contributed by atoms with E-state index in [9.17, 15) is 9.59 Å². The van der Waals surface area contributed by atoms with Gasteiger partial charge in [-0.25, -0.2) is 4.79 Å². The summed E-state index contributed by atoms with van der Waals surface area (Å²) in [5.41, 5.74) is 3.06. The normalized spacial score (nSPS) is 10.8. The third kappa shape index (κ3) is 6.15. The van der Waals surface area contributed by atoms with Gasteiger partial charge in [0.2, 0.25) is 11.1 Å². The van der Waals surface area contributed by atoms with Crippen LogP contribution in [-0.2, 0) is 11.3 Å². The number of aromatic nitrogens is 4. The van der Waals surface area contributed by atoms with E-state index in [1.807, 2.05) is 42.5 Å². The maximum Gasteiger partial charge on any atom is 0.321 e. The molecule has 2 aromatic carbocycles. The lowest BCUT2D eigenvalue weighted by Crippen LogP contribution is -2.39. The van der Waals surface area contributed by atoms with Crippen LogP contribution in [0.5, 0.6) is 0 Å². The molecule has 0 radical (unpaired) electrons. The van der Waals surface area contributed by atoms with Crippen molar-refractivity contribution in [3.63, 3.8) is 0 Å². The zero-order chi connectivity index (χ0) is 21.3. The molecule has 0 unspecified atom stereocenters. The van der Waals surface area contributed by atoms with Crippen LogP contribution in [-0.4, -0.2) is 37.9 Å². The Morgan fingerprint density at radius 2 is 1.80 bits per heavy atom. The van der Waals surface area contributed by atoms with Crippen molar-refractivity contribution in [2.24, 2.45) is 0 Å². The Balaban J connectivity index is 1.44. The van der Waals surface area contributed by atoms with E-state index in [-0.39, 0.29) is 12.3 Å². The van der Waals surface area contributed by atoms with Crippen LogP contribution in [0.3, 0.4) is 0 Å². The van der Waals surface area contributed by atoms with Crippen LogP contribution < -0.4 is 10.6 Å². The number of carbonyl (C=O) groups is 2. The molecule has 0 aliphatic carbocycles. The van der Waals surface area contributed by atoms with Crippen molar-refractivity contribution in [2.75, 3.05) is 5.75 Å². The Morgan fingerprint density at radius 1 is 1.07 bits per heavy atom. The molecule has 0 saturated carbocycles. The number of amides is 3. The Hall–Kier alpha value is -3.20. The summed E-state index contributed by atoms with van der Waals surface area (Å²) in [6.45, 7) is 4.64. The molecule has 0 bridgehead atoms. The summed E-state index contributed by atoms with van der Waals surface area (Å²) in [7, 11) is 0. The molecule has 1 heterocycles. The van der Waals surface area contributed by atoms with E-state index in [1.54, 1.807) is 4.68 Å². The van der Waals surface area contributed by atoms with Crippen LogP contribution in [0.4, 0.5) is 4.79 Å². The third-order valence-electron chi connectivity index (χ3n) is 4.35. The molecule has 0 fully saturated rings. The second kappa shape index (κ2) is 10.5. The number of carbonyl (C=O) groups excluding carboxylic acids is 2. The molecule has 2 N–H and O–H groups in total. The highest BCUT2D eigenvalue weighted by atomic mass is 32.2. The number of benzene rings is 2. The van der Waals surface area contributed by atoms with Gasteiger partial charge in [-0.1, -0.05) is 68.1 Å². The summed E-state index contributed by atoms with van der Waals surface area (Å²) in [6, 6.07) is 17.0. The molecule has 3 rings (SSSR count). The van der Waals surface area contributed by atoms with E-state index < -0.39 is 6.03 Å². The molecule has 0 spiro atoms. The monoisotopic (exact) mass is 424 g/mol. The highest BCUT2D eigenvalue weighted by Gasteiger charge is 2.12. The fraction of sp³-hybridized carbons (Fsp3) is 0.286. The lowest BCUT2D eigenvalue weighted by atomic mass is 10.0. The molecule has 0 aliphatic rings. The number of nitrogens with one attached hydrogen (secondary N) is 2. The topological polar surface area (TPSA) is 102 Å². The largest absolute Gasteiger partial charge is 0.334 e. The van der Waals surface area contributed by atoms with Gasteiger partial charge in [0.25, 0.3) is 0 Å². The Labute approximate surface area is 179 Å². The van der Waals surface area contributed by atoms with Crippen molar-refractivity contribution in [3.05, 3.63) is 65.7 Å². The standard InChI is InChI=1S/C21H24N6O2S/c1-15(2)17-8-10-18(11-9-17)27-21(24-25-26-27)30-13-12-19(28)23-20(29)22-14-16-6-4-3-5-7-16/h3-11,15H,12-14H2,1-2H3,(H2,22,23,28,29). The maximum absolute atomic E-state index is 12.0. The van der Waals surface area contributed by atoms with Crippen LogP contribution in [0.2, 0.25) is 0 Å². The van der Waals surface area contributed by atoms with Crippen molar-refractivity contribution in [1.82, 2.24) is 30.8 Å². The van der Waals surface area contributed by atoms with E-state index in [4.69, 9.17) is 0 Å². The van der Waals surface area contributed by atoms with Crippen LogP contribution >= 0.6 is 11.8 Å². The zero-order valence-electron chi connectivity index (χ0n) is 16.9. The van der Waals surface area contributed by atoms with Crippen molar-refractivity contribution >= 4 is 23.7 Å². The molecule has 3 amide bonds. The molecule has 0 aliphatic heterocycles. The van der Waals surface area contributed by atoms with Gasteiger partial charge >= 0.3 is 6.03 Å². The molecule has 156 valence electrons. The van der Waals surface area contributed by atoms with Gasteiger partial charge in [-0.05, 0) is 39.6 Å². The van der Waals surface area contributed by atoms with Gasteiger partial charge in [0.05, 0.1) is 5.69 Å². The first kappa shape index (κ1) is 21.5. The molecule has 8 nitrogen and oxygen atoms in total. The Morgan fingerprint density at radius 3 is 2.50 bits per heavy atom. The van der Waals surface area contributed by atoms with E-state index in [1.165, 1.54) is 17.3 Å². The summed E-state index contributed by atoms with van der Waals surface area (Å²) in [5, 5.41) is 17.4. The van der Waals surface area contributed by atoms with Crippen molar-refractivity contribution < 1.29 is 9.59 Å². The quantitative estimate of drug-likeness (QED) is 0.538. The summed E-state index contributed by atoms with van der Waals surface area (Å²) in [6.07, 6.45) is 0.169. The second-order valence-electron chi connectivity index (χ2n) is 6.93. The van der Waals surface area contributed by atoms with Gasteiger partial charge in [-0.15, -0.1) is 5.10 Å². The average Bonchev–Trinajstić information content (AvgIpc) is 3.21. The SMILES string of the molecule is CC(C)c1ccc(-n2nnnc2SCCC(=O)NC(=O)NCc2ccccc2)cc1. The first-order chi connectivity index (χ1) is 14.5. The van der Waals surface area contributed by atoms with Gasteiger partial charge in [0.1, 0.15) is 0 Å². The maximum atomic E-state index is 12.0. The number of imide groups is 1. The molecule has 0 atom stereocenters. The van der Waals surface area contributed by atoms with Crippen LogP contribution in [0.25, 0.3) is 5.69 Å². The number of tetrazole rings is 1. The van der Waals surface area contributed by atoms with Gasteiger partial charge < -0.3 is 5.32 Å². The number of rotatable bonds is 8. The molecular formula is C21H24N6O2S. The van der Waals surface area contributed by atoms with Gasteiger partial charge in [-0.2, -0.15) is 4.68 Å². The predicted molar refractivity (Wildman–Crippen MR) is 115 cm³/mol. The van der Waals surface area contributed by atoms with Gasteiger partial charge in [-0.3, -0.25) is 10.1 Å². The Bertz CT molecular complexity index is 973. The van der Waals surface area contributed by atoms with Crippen molar-refractivity contribution in [2.45, 2.75) is 37.9 Å². The van der Waals surface area contributed by atoms with Crippen LogP contribution in [0, 0.1) is 0 Å². The Kier molecular flexibility index (Phi) is 7.56. The highest BCUT2D eigenvalue weighted by Crippen LogP contribution is 2.21. The van der Waals surface area contributed by atoms with E-state index in [0.29, 0.717) is 23.4 Å². The van der Waals surface area contributed by atoms with Crippen LogP contribution in [0.1, 0.15) is 37.3 Å². The van der Waals surface area contributed by atoms with Crippen molar-refractivity contribution in [3.8, 4) is 5.69 Å². The minimum Gasteiger partial charge on any atom is -0.334 e. The number of thioether (sulfide) groups is 1. The molecular weight excluding hydrogens is 400 g/mol. The highest BCUT2D eigenvalue weighted by molar-refractivity contribution is 7.99. The van der Waals surface area contributed by atoms with Gasteiger partial charge in [0.15, 0.2) is 0 Å². The lowest BCUT2D eigenvalue weighted by molar-refractivity contribution is -0.119. The number of hydrogen-bond donors (Lipinski definition) is 2. The molecule has 9 heteroatoms. The number of nitrogens with zero attached hydrogens (tertiary/aromatic N) is 4. The molecule has 0 saturated heterocycles. The summed E-state index contributed by atoms with van der Waals surface area (Å²) in [5.74, 6) is 0.543. The average molecular weight is 425 g/mol. The lowest BCUT2D eigenvalue weighted by Gasteiger charge is -2.08. The molecule has 3 aromatic rings. The summed E-state index contributed by atoms with van der Waals surface area (Å²) < 4.78 is 1.64. The minimum absolute atomic E-state index is 0.169. The fourth-order valence-corrected chi connectivity index (χ4v) is 3.51. The smallest absolute Gasteiger partial charge is 0.321 e. The van der Waals surface area contributed by atoms with E-state index in [0.717, 1.165) is 11.3 Å². The minimum atomic E-state index is -0.510.